The first-order chi connectivity index (χ1) is 60.2. The summed E-state index contributed by atoms with van der Waals surface area (Å²) >= 11 is 0. The zero-order valence-corrected chi connectivity index (χ0v) is 70.3. The van der Waals surface area contributed by atoms with Gasteiger partial charge in [0.2, 0.25) is 0 Å². The molecule has 1 N–H and O–H groups in total. The number of hydrogen-bond acceptors (Lipinski definition) is 9. The van der Waals surface area contributed by atoms with Crippen LogP contribution in [0.25, 0.3) is 0 Å². The molecule has 0 bridgehead atoms. The molecule has 0 amide bonds. The maximum Gasteiger partial charge on any atom is 0.256 e. The Morgan fingerprint density at radius 2 is 0.545 bits per heavy atom. The molecular formula is C111H87B3N8O. The van der Waals surface area contributed by atoms with E-state index in [1.807, 2.05) is 0 Å². The number of fused-ring (bicyclic) bond motifs is 12. The van der Waals surface area contributed by atoms with Crippen LogP contribution >= 0.6 is 0 Å². The van der Waals surface area contributed by atoms with Gasteiger partial charge in [0.15, 0.2) is 0 Å². The topological polar surface area (TPSA) is 43.9 Å². The van der Waals surface area contributed by atoms with Crippen molar-refractivity contribution in [2.45, 2.75) is 62.3 Å². The number of nitrogens with zero attached hydrogens (tertiary/aromatic N) is 7. The second-order valence-electron chi connectivity index (χ2n) is 34.2. The van der Waals surface area contributed by atoms with Gasteiger partial charge < -0.3 is 44.4 Å². The molecule has 0 spiro atoms. The van der Waals surface area contributed by atoms with Gasteiger partial charge in [-0.25, -0.2) is 0 Å². The highest BCUT2D eigenvalue weighted by molar-refractivity contribution is 7.04. The van der Waals surface area contributed by atoms with Crippen LogP contribution < -0.4 is 93.5 Å². The highest BCUT2D eigenvalue weighted by Crippen LogP contribution is 2.55. The summed E-state index contributed by atoms with van der Waals surface area (Å²) in [5, 5.41) is 4.39. The molecule has 0 aromatic heterocycles. The molecule has 6 aliphatic heterocycles. The number of para-hydroxylation sites is 9. The van der Waals surface area contributed by atoms with Crippen LogP contribution in [-0.4, -0.2) is 20.1 Å². The van der Waals surface area contributed by atoms with E-state index in [0.717, 1.165) is 153 Å². The maximum atomic E-state index is 7.57. The molecular weight excluding hydrogens is 1490 g/mol. The van der Waals surface area contributed by atoms with Gasteiger partial charge in [0.1, 0.15) is 11.5 Å². The number of nitrogens with one attached hydrogen (secondary N) is 1. The summed E-state index contributed by atoms with van der Waals surface area (Å²) in [4.78, 5) is 17.8. The van der Waals surface area contributed by atoms with Crippen LogP contribution in [-0.2, 0) is 0 Å². The average Bonchev–Trinajstić information content (AvgIpc) is 0.676. The summed E-state index contributed by atoms with van der Waals surface area (Å²) in [5.74, 6) is 1.67. The predicted octanol–water partition coefficient (Wildman–Crippen LogP) is 23.7. The maximum absolute atomic E-state index is 7.57. The largest absolute Gasteiger partial charge is 0.458 e. The Kier molecular flexibility index (Phi) is 17.1. The highest BCUT2D eigenvalue weighted by atomic mass is 16.5. The molecule has 586 valence electrons. The van der Waals surface area contributed by atoms with Crippen molar-refractivity contribution in [2.75, 3.05) is 39.6 Å². The molecule has 0 unspecified atom stereocenters. The van der Waals surface area contributed by atoms with Crippen molar-refractivity contribution in [3.05, 3.63) is 408 Å². The zero-order chi connectivity index (χ0) is 82.7. The van der Waals surface area contributed by atoms with Crippen LogP contribution in [0.1, 0.15) is 50.1 Å². The van der Waals surface area contributed by atoms with E-state index < -0.39 is 0 Å². The Labute approximate surface area is 721 Å². The smallest absolute Gasteiger partial charge is 0.256 e. The molecule has 0 atom stereocenters. The van der Waals surface area contributed by atoms with Gasteiger partial charge in [0, 0.05) is 103 Å². The molecule has 123 heavy (non-hydrogen) atoms. The van der Waals surface area contributed by atoms with Crippen LogP contribution in [0, 0.1) is 62.3 Å². The van der Waals surface area contributed by atoms with E-state index >= 15 is 0 Å². The van der Waals surface area contributed by atoms with Gasteiger partial charge in [-0.15, -0.1) is 0 Å². The molecule has 0 aliphatic carbocycles. The van der Waals surface area contributed by atoms with E-state index in [4.69, 9.17) is 4.74 Å². The fourth-order valence-electron chi connectivity index (χ4n) is 21.8. The fraction of sp³-hybridized carbons (Fsp3) is 0.0811. The normalized spacial score (nSPS) is 13.1. The van der Waals surface area contributed by atoms with Gasteiger partial charge in [-0.05, 0) is 284 Å². The summed E-state index contributed by atoms with van der Waals surface area (Å²) in [6.45, 7) is 19.8. The number of anilines is 23. The van der Waals surface area contributed by atoms with Gasteiger partial charge in [-0.1, -0.05) is 229 Å². The summed E-state index contributed by atoms with van der Waals surface area (Å²) in [7, 11) is 0. The van der Waals surface area contributed by atoms with Crippen molar-refractivity contribution in [3.8, 4) is 11.5 Å². The summed E-state index contributed by atoms with van der Waals surface area (Å²) in [6, 6.07) is 134. The summed E-state index contributed by atoms with van der Waals surface area (Å²) in [5.41, 5.74) is 46.5. The zero-order valence-electron chi connectivity index (χ0n) is 70.3. The summed E-state index contributed by atoms with van der Waals surface area (Å²) < 4.78 is 7.57. The molecule has 0 radical (unpaired) electrons. The van der Waals surface area contributed by atoms with Gasteiger partial charge in [-0.3, -0.25) is 0 Å². The molecule has 12 heteroatoms. The van der Waals surface area contributed by atoms with E-state index in [0.29, 0.717) is 0 Å². The van der Waals surface area contributed by atoms with Crippen LogP contribution in [0.2, 0.25) is 0 Å². The monoisotopic (exact) mass is 1580 g/mol. The number of hydrogen-bond donors (Lipinski definition) is 1. The third-order valence-corrected chi connectivity index (χ3v) is 26.2. The van der Waals surface area contributed by atoms with Crippen molar-refractivity contribution in [1.29, 1.82) is 0 Å². The van der Waals surface area contributed by atoms with E-state index in [2.05, 4.69) is 460 Å². The molecule has 17 aromatic rings. The van der Waals surface area contributed by atoms with Crippen molar-refractivity contribution < 1.29 is 4.74 Å². The minimum absolute atomic E-state index is 0.220. The second kappa shape index (κ2) is 28.7. The highest BCUT2D eigenvalue weighted by Gasteiger charge is 2.51. The quantitative estimate of drug-likeness (QED) is 0.114. The molecule has 23 rings (SSSR count). The number of rotatable bonds is 13. The van der Waals surface area contributed by atoms with E-state index in [1.165, 1.54) is 88.3 Å². The van der Waals surface area contributed by atoms with Gasteiger partial charge in [0.05, 0.1) is 34.1 Å². The van der Waals surface area contributed by atoms with Gasteiger partial charge in [-0.2, -0.15) is 0 Å². The average molecular weight is 1580 g/mol. The van der Waals surface area contributed by atoms with Crippen molar-refractivity contribution in [2.24, 2.45) is 0 Å². The number of ether oxygens (including phenoxy) is 1. The van der Waals surface area contributed by atoms with Crippen molar-refractivity contribution >= 4 is 200 Å². The van der Waals surface area contributed by atoms with Crippen molar-refractivity contribution in [3.63, 3.8) is 0 Å². The minimum Gasteiger partial charge on any atom is -0.458 e. The third-order valence-electron chi connectivity index (χ3n) is 26.2. The SMILES string of the molecule is Cc1cc(C)c(N2c3cc4c(cc3B3c5ccccc5Oc5cc(N(c6ccccc6)c6ccccc6)cc2c53)B2c3cc5c(cc3N(c3c(C)cc(C)cc3C)c3cc(N(c6ccccc6)c6ccccc6)cc(c32)N4c2c(C)cc(C)cc2C)Nc2cc(N(c3ccccc3)c3ccccc3)cc3c2B5c2ccccc2N3c2ccccc2)c(C)c1. The Morgan fingerprint density at radius 3 is 0.976 bits per heavy atom. The minimum atomic E-state index is -0.371. The molecule has 0 fully saturated rings. The second-order valence-corrected chi connectivity index (χ2v) is 34.2. The molecule has 6 heterocycles. The third kappa shape index (κ3) is 11.6. The van der Waals surface area contributed by atoms with E-state index in [1.54, 1.807) is 0 Å². The molecule has 6 aliphatic rings. The first-order valence-electron chi connectivity index (χ1n) is 43.0. The lowest BCUT2D eigenvalue weighted by Gasteiger charge is -2.48. The summed E-state index contributed by atoms with van der Waals surface area (Å²) in [6.07, 6.45) is 0. The van der Waals surface area contributed by atoms with Gasteiger partial charge >= 0.3 is 0 Å². The molecule has 0 saturated carbocycles. The first kappa shape index (κ1) is 73.3. The Balaban J connectivity index is 0.863. The van der Waals surface area contributed by atoms with Crippen LogP contribution in [0.3, 0.4) is 0 Å². The standard InChI is InChI=1S/C111H87B3N8O/c1-69-53-72(4)109(73(5)54-69)120-97-67-94-90(112-88-49-31-33-51-96(88)119(84-47-29-16-30-48-84)100-60-85(59-95(115-94)106(100)112)116(78-35-17-10-18-36-78)79-37-19-11-20-38-79)65-91(97)114-93-66-92-98(68-99(93)121(110-74(6)55-70(2)56-75(110)7)102-62-86(61-101(120)107(102)114)117(80-39-21-12-22-40-80)81-41-23-13-24-42-81)122(111-76(8)57-71(3)58-77(111)9)103-63-87(64-105-108(103)113(92)89-50-32-34-52-104(89)123-105)118(82-43-25-14-26-44-82)83-45-27-15-28-46-83/h10-68,115H,1-9H3. The first-order valence-corrected chi connectivity index (χ1v) is 43.0. The molecule has 0 saturated heterocycles. The number of aryl methyl sites for hydroxylation is 9. The lowest BCUT2D eigenvalue weighted by molar-refractivity contribution is 0.487. The lowest BCUT2D eigenvalue weighted by atomic mass is 9.29. The molecule has 17 aromatic carbocycles. The van der Waals surface area contributed by atoms with Crippen LogP contribution in [0.15, 0.2) is 358 Å². The van der Waals surface area contributed by atoms with Crippen LogP contribution in [0.4, 0.5) is 131 Å². The van der Waals surface area contributed by atoms with Crippen molar-refractivity contribution in [1.82, 2.24) is 0 Å². The van der Waals surface area contributed by atoms with Gasteiger partial charge in [0.25, 0.3) is 20.1 Å². The van der Waals surface area contributed by atoms with E-state index in [-0.39, 0.29) is 20.1 Å². The Hall–Kier alpha value is -14.9. The molecule has 9 nitrogen and oxygen atoms in total. The lowest BCUT2D eigenvalue weighted by Crippen LogP contribution is -2.66. The fourth-order valence-corrected chi connectivity index (χ4v) is 21.8. The van der Waals surface area contributed by atoms with Crippen LogP contribution in [0.5, 0.6) is 11.5 Å². The number of benzene rings is 17. The Morgan fingerprint density at radius 1 is 0.220 bits per heavy atom. The predicted molar refractivity (Wildman–Crippen MR) is 522 cm³/mol. The Bertz CT molecular complexity index is 6990. The van der Waals surface area contributed by atoms with E-state index in [9.17, 15) is 0 Å².